The molecule has 1 aromatic carbocycles. The highest BCUT2D eigenvalue weighted by Crippen LogP contribution is 2.20. The first-order valence-electron chi connectivity index (χ1n) is 6.95. The van der Waals surface area contributed by atoms with E-state index in [0.29, 0.717) is 30.2 Å². The molecule has 0 bridgehead atoms. The Morgan fingerprint density at radius 2 is 2.14 bits per heavy atom. The van der Waals surface area contributed by atoms with Gasteiger partial charge in [0, 0.05) is 5.69 Å². The molecule has 2 rings (SSSR count). The van der Waals surface area contributed by atoms with Crippen molar-refractivity contribution >= 4 is 11.7 Å². The highest BCUT2D eigenvalue weighted by atomic mass is 16.5. The van der Waals surface area contributed by atoms with Crippen LogP contribution in [0.5, 0.6) is 0 Å². The normalized spacial score (nSPS) is 10.6. The number of aromatic nitrogens is 3. The zero-order valence-electron chi connectivity index (χ0n) is 12.6. The Labute approximate surface area is 123 Å². The van der Waals surface area contributed by atoms with Crippen LogP contribution >= 0.6 is 0 Å². The molecule has 112 valence electrons. The molecule has 6 nitrogen and oxygen atoms in total. The van der Waals surface area contributed by atoms with Crippen molar-refractivity contribution in [3.63, 3.8) is 0 Å². The molecular weight excluding hydrogens is 268 g/mol. The van der Waals surface area contributed by atoms with Crippen LogP contribution in [0.2, 0.25) is 0 Å². The van der Waals surface area contributed by atoms with Gasteiger partial charge in [-0.25, -0.2) is 14.5 Å². The summed E-state index contributed by atoms with van der Waals surface area (Å²) in [5, 5.41) is 4.31. The highest BCUT2D eigenvalue weighted by Gasteiger charge is 2.17. The van der Waals surface area contributed by atoms with Gasteiger partial charge in [-0.1, -0.05) is 19.1 Å². The summed E-state index contributed by atoms with van der Waals surface area (Å²) in [4.78, 5) is 16.4. The Morgan fingerprint density at radius 3 is 2.76 bits per heavy atom. The van der Waals surface area contributed by atoms with E-state index in [0.717, 1.165) is 17.8 Å². The standard InChI is InChI=1S/C15H20N4O2/c1-4-8-21-15(20)14-12(6-5-7-13(14)16)9-19-11(3)17-10(2)18-19/h5-7H,4,8-9,16H2,1-3H3. The lowest BCUT2D eigenvalue weighted by Crippen LogP contribution is -2.15. The molecule has 0 aliphatic heterocycles. The van der Waals surface area contributed by atoms with Crippen LogP contribution in [0.15, 0.2) is 18.2 Å². The topological polar surface area (TPSA) is 83.0 Å². The number of rotatable bonds is 5. The molecule has 6 heteroatoms. The number of anilines is 1. The van der Waals surface area contributed by atoms with Gasteiger partial charge in [0.1, 0.15) is 11.6 Å². The van der Waals surface area contributed by atoms with E-state index in [9.17, 15) is 4.79 Å². The molecule has 0 aliphatic rings. The average Bonchev–Trinajstić information content (AvgIpc) is 2.74. The van der Waals surface area contributed by atoms with Crippen molar-refractivity contribution in [2.45, 2.75) is 33.7 Å². The number of carbonyl (C=O) groups is 1. The number of hydrogen-bond acceptors (Lipinski definition) is 5. The van der Waals surface area contributed by atoms with Crippen molar-refractivity contribution in [3.8, 4) is 0 Å². The summed E-state index contributed by atoms with van der Waals surface area (Å²) >= 11 is 0. The van der Waals surface area contributed by atoms with E-state index in [-0.39, 0.29) is 5.97 Å². The summed E-state index contributed by atoms with van der Waals surface area (Å²) in [6.07, 6.45) is 0.773. The maximum absolute atomic E-state index is 12.2. The lowest BCUT2D eigenvalue weighted by molar-refractivity contribution is 0.0505. The number of benzene rings is 1. The Hall–Kier alpha value is -2.37. The van der Waals surface area contributed by atoms with Gasteiger partial charge in [0.25, 0.3) is 0 Å². The zero-order chi connectivity index (χ0) is 15.4. The fourth-order valence-corrected chi connectivity index (χ4v) is 2.14. The third-order valence-corrected chi connectivity index (χ3v) is 3.11. The van der Waals surface area contributed by atoms with Crippen LogP contribution in [-0.4, -0.2) is 27.3 Å². The largest absolute Gasteiger partial charge is 0.462 e. The Kier molecular flexibility index (Phi) is 4.57. The molecular formula is C15H20N4O2. The van der Waals surface area contributed by atoms with Crippen LogP contribution in [0.25, 0.3) is 0 Å². The van der Waals surface area contributed by atoms with E-state index in [1.54, 1.807) is 10.7 Å². The molecule has 0 radical (unpaired) electrons. The molecule has 0 amide bonds. The molecule has 0 unspecified atom stereocenters. The number of nitrogen functional groups attached to an aromatic ring is 1. The summed E-state index contributed by atoms with van der Waals surface area (Å²) in [5.74, 6) is 1.11. The van der Waals surface area contributed by atoms with E-state index in [1.807, 2.05) is 32.9 Å². The predicted octanol–water partition coefficient (Wildman–Crippen LogP) is 2.09. The van der Waals surface area contributed by atoms with E-state index in [2.05, 4.69) is 10.1 Å². The van der Waals surface area contributed by atoms with Gasteiger partial charge in [0.2, 0.25) is 0 Å². The van der Waals surface area contributed by atoms with Crippen LogP contribution in [0.4, 0.5) is 5.69 Å². The summed E-state index contributed by atoms with van der Waals surface area (Å²) < 4.78 is 6.96. The van der Waals surface area contributed by atoms with Crippen LogP contribution in [0, 0.1) is 13.8 Å². The highest BCUT2D eigenvalue weighted by molar-refractivity contribution is 5.96. The number of hydrogen-bond donors (Lipinski definition) is 1. The molecule has 0 aliphatic carbocycles. The monoisotopic (exact) mass is 288 g/mol. The minimum Gasteiger partial charge on any atom is -0.462 e. The van der Waals surface area contributed by atoms with Gasteiger partial charge >= 0.3 is 5.97 Å². The molecule has 21 heavy (non-hydrogen) atoms. The average molecular weight is 288 g/mol. The fraction of sp³-hybridized carbons (Fsp3) is 0.400. The third kappa shape index (κ3) is 3.39. The van der Waals surface area contributed by atoms with Crippen LogP contribution in [-0.2, 0) is 11.3 Å². The van der Waals surface area contributed by atoms with Gasteiger partial charge in [-0.05, 0) is 31.9 Å². The maximum atomic E-state index is 12.2. The molecule has 2 N–H and O–H groups in total. The van der Waals surface area contributed by atoms with E-state index in [4.69, 9.17) is 10.5 Å². The second-order valence-electron chi connectivity index (χ2n) is 4.88. The summed E-state index contributed by atoms with van der Waals surface area (Å²) in [6, 6.07) is 5.38. The second kappa shape index (κ2) is 6.39. The lowest BCUT2D eigenvalue weighted by Gasteiger charge is -2.12. The van der Waals surface area contributed by atoms with Crippen LogP contribution in [0.1, 0.15) is 40.9 Å². The first kappa shape index (κ1) is 15.0. The van der Waals surface area contributed by atoms with Crippen molar-refractivity contribution in [1.29, 1.82) is 0 Å². The molecule has 0 spiro atoms. The number of carbonyl (C=O) groups excluding carboxylic acids is 1. The van der Waals surface area contributed by atoms with E-state index < -0.39 is 0 Å². The zero-order valence-corrected chi connectivity index (χ0v) is 12.6. The summed E-state index contributed by atoms with van der Waals surface area (Å²) in [5.41, 5.74) is 7.56. The number of ether oxygens (including phenoxy) is 1. The SMILES string of the molecule is CCCOC(=O)c1c(N)cccc1Cn1nc(C)nc1C. The van der Waals surface area contributed by atoms with Gasteiger partial charge in [-0.15, -0.1) is 0 Å². The van der Waals surface area contributed by atoms with Crippen molar-refractivity contribution < 1.29 is 9.53 Å². The molecule has 0 fully saturated rings. The van der Waals surface area contributed by atoms with Gasteiger partial charge in [0.05, 0.1) is 18.7 Å². The predicted molar refractivity (Wildman–Crippen MR) is 80.0 cm³/mol. The maximum Gasteiger partial charge on any atom is 0.340 e. The Morgan fingerprint density at radius 1 is 1.38 bits per heavy atom. The van der Waals surface area contributed by atoms with Crippen molar-refractivity contribution in [1.82, 2.24) is 14.8 Å². The van der Waals surface area contributed by atoms with E-state index >= 15 is 0 Å². The number of esters is 1. The van der Waals surface area contributed by atoms with Crippen molar-refractivity contribution in [3.05, 3.63) is 41.0 Å². The second-order valence-corrected chi connectivity index (χ2v) is 4.88. The summed E-state index contributed by atoms with van der Waals surface area (Å²) in [6.45, 7) is 6.48. The van der Waals surface area contributed by atoms with Gasteiger partial charge in [-0.3, -0.25) is 0 Å². The molecule has 2 aromatic rings. The molecule has 1 aromatic heterocycles. The molecule has 0 saturated carbocycles. The quantitative estimate of drug-likeness (QED) is 0.673. The third-order valence-electron chi connectivity index (χ3n) is 3.11. The molecule has 0 atom stereocenters. The Balaban J connectivity index is 2.33. The van der Waals surface area contributed by atoms with Crippen LogP contribution < -0.4 is 5.73 Å². The Bertz CT molecular complexity index is 649. The van der Waals surface area contributed by atoms with Gasteiger partial charge < -0.3 is 10.5 Å². The van der Waals surface area contributed by atoms with Crippen LogP contribution in [0.3, 0.4) is 0 Å². The first-order valence-corrected chi connectivity index (χ1v) is 6.95. The lowest BCUT2D eigenvalue weighted by atomic mass is 10.1. The minimum atomic E-state index is -0.389. The molecule has 0 saturated heterocycles. The first-order chi connectivity index (χ1) is 10.0. The summed E-state index contributed by atoms with van der Waals surface area (Å²) in [7, 11) is 0. The van der Waals surface area contributed by atoms with Crippen molar-refractivity contribution in [2.75, 3.05) is 12.3 Å². The number of nitrogens with two attached hydrogens (primary N) is 1. The molecule has 1 heterocycles. The van der Waals surface area contributed by atoms with Crippen molar-refractivity contribution in [2.24, 2.45) is 0 Å². The van der Waals surface area contributed by atoms with E-state index in [1.165, 1.54) is 0 Å². The fourth-order valence-electron chi connectivity index (χ4n) is 2.14. The van der Waals surface area contributed by atoms with Gasteiger partial charge in [0.15, 0.2) is 0 Å². The number of aryl methyl sites for hydroxylation is 2. The smallest absolute Gasteiger partial charge is 0.340 e. The number of nitrogens with zero attached hydrogens (tertiary/aromatic N) is 3. The minimum absolute atomic E-state index is 0.383. The van der Waals surface area contributed by atoms with Gasteiger partial charge in [-0.2, -0.15) is 5.10 Å².